The van der Waals surface area contributed by atoms with E-state index >= 15 is 4.39 Å². The van der Waals surface area contributed by atoms with Gasteiger partial charge in [-0.2, -0.15) is 18.2 Å². The molecule has 45 heavy (non-hydrogen) atoms. The zero-order valence-corrected chi connectivity index (χ0v) is 26.6. The highest BCUT2D eigenvalue weighted by molar-refractivity contribution is 7.17. The first-order valence-corrected chi connectivity index (χ1v) is 14.7. The van der Waals surface area contributed by atoms with E-state index in [-0.39, 0.29) is 39.8 Å². The molecule has 2 atom stereocenters. The highest BCUT2D eigenvalue weighted by Gasteiger charge is 2.39. The largest absolute Gasteiger partial charge is 0.443 e. The molecule has 0 aliphatic rings. The topological polar surface area (TPSA) is 131 Å². The summed E-state index contributed by atoms with van der Waals surface area (Å²) in [5, 5.41) is 2.84. The van der Waals surface area contributed by atoms with Crippen molar-refractivity contribution >= 4 is 57.2 Å². The van der Waals surface area contributed by atoms with E-state index in [1.165, 1.54) is 29.4 Å². The number of ether oxygens (including phenoxy) is 1. The molecule has 0 saturated heterocycles. The van der Waals surface area contributed by atoms with Crippen LogP contribution in [0.2, 0.25) is 0 Å². The number of halogens is 6. The van der Waals surface area contributed by atoms with E-state index in [4.69, 9.17) is 10.5 Å². The number of esters is 1. The fourth-order valence-corrected chi connectivity index (χ4v) is 6.27. The van der Waals surface area contributed by atoms with Crippen LogP contribution in [-0.2, 0) is 47.7 Å². The van der Waals surface area contributed by atoms with Crippen molar-refractivity contribution in [2.45, 2.75) is 45.6 Å². The number of hydrogen-bond acceptors (Lipinski definition) is 8. The molecule has 0 spiro atoms. The van der Waals surface area contributed by atoms with Crippen molar-refractivity contribution < 1.29 is 36.3 Å². The first-order valence-electron chi connectivity index (χ1n) is 13.0. The van der Waals surface area contributed by atoms with Crippen molar-refractivity contribution in [3.05, 3.63) is 71.3 Å². The van der Waals surface area contributed by atoms with E-state index in [1.54, 1.807) is 13.8 Å². The van der Waals surface area contributed by atoms with E-state index in [0.717, 1.165) is 37.9 Å². The Balaban J connectivity index is 0.00000552. The fourth-order valence-electron chi connectivity index (χ4n) is 4.34. The van der Waals surface area contributed by atoms with Crippen LogP contribution in [-0.4, -0.2) is 31.6 Å². The van der Waals surface area contributed by atoms with E-state index in [9.17, 15) is 36.7 Å². The number of nitrogens with two attached hydrogens (primary N) is 1. The number of carbonyl (C=O) groups is 2. The lowest BCUT2D eigenvalue weighted by Crippen LogP contribution is -2.38. The van der Waals surface area contributed by atoms with Crippen molar-refractivity contribution in [2.75, 3.05) is 0 Å². The minimum atomic E-state index is -5.35. The maximum Gasteiger partial charge on any atom is 0.422 e. The summed E-state index contributed by atoms with van der Waals surface area (Å²) in [5.41, 5.74) is 1.96. The van der Waals surface area contributed by atoms with E-state index < -0.39 is 71.3 Å². The number of hydrogen-bond donors (Lipinski definition) is 1. The Morgan fingerprint density at radius 2 is 1.76 bits per heavy atom. The van der Waals surface area contributed by atoms with Gasteiger partial charge in [-0.05, 0) is 29.0 Å². The SMILES string of the molecule is CCC(C)[C@H](N)C(=O)OCn1c(-c2ccc(F)c(C(F)(F)F)c2F)csc1=NC(=O)Cc1csc2c1c(=O)n(C)c(=O)n2C.Cl. The number of nitrogens with zero attached hydrogens (tertiary/aromatic N) is 4. The summed E-state index contributed by atoms with van der Waals surface area (Å²) in [7, 11) is 2.76. The van der Waals surface area contributed by atoms with Gasteiger partial charge in [-0.25, -0.2) is 13.6 Å². The van der Waals surface area contributed by atoms with Crippen LogP contribution in [0.4, 0.5) is 22.0 Å². The lowest BCUT2D eigenvalue weighted by Gasteiger charge is -2.18. The molecule has 0 fully saturated rings. The molecule has 1 unspecified atom stereocenters. The molecular weight excluding hydrogens is 669 g/mol. The highest BCUT2D eigenvalue weighted by atomic mass is 35.5. The third-order valence-corrected chi connectivity index (χ3v) is 9.09. The number of thiophene rings is 1. The van der Waals surface area contributed by atoms with Crippen molar-refractivity contribution in [1.29, 1.82) is 0 Å². The zero-order valence-electron chi connectivity index (χ0n) is 24.1. The molecule has 18 heteroatoms. The van der Waals surface area contributed by atoms with Crippen LogP contribution in [0.3, 0.4) is 0 Å². The van der Waals surface area contributed by atoms with E-state index in [0.29, 0.717) is 17.3 Å². The van der Waals surface area contributed by atoms with Crippen molar-refractivity contribution in [1.82, 2.24) is 13.7 Å². The smallest absolute Gasteiger partial charge is 0.422 e. The Morgan fingerprint density at radius 1 is 1.09 bits per heavy atom. The van der Waals surface area contributed by atoms with Crippen LogP contribution in [0.1, 0.15) is 31.4 Å². The first-order chi connectivity index (χ1) is 20.6. The standard InChI is InChI=1S/C27H26F5N5O5S2.ClH/c1-5-12(2)21(33)24(40)42-11-37-16(14-6-7-15(28)19(20(14)29)27(30,31)32)10-44-25(37)34-17(38)8-13-9-43-23-18(13)22(39)35(3)26(41)36(23)4;/h6-7,9-10,12,21H,5,8,11,33H2,1-4H3;1H/t12?,21-;/m0./s1. The number of fused-ring (bicyclic) bond motifs is 1. The summed E-state index contributed by atoms with van der Waals surface area (Å²) < 4.78 is 77.9. The number of aromatic nitrogens is 3. The molecule has 3 heterocycles. The normalized spacial score (nSPS) is 13.5. The summed E-state index contributed by atoms with van der Waals surface area (Å²) in [4.78, 5) is 54.9. The summed E-state index contributed by atoms with van der Waals surface area (Å²) in [5.74, 6) is -5.67. The maximum atomic E-state index is 15.1. The number of rotatable bonds is 8. The molecule has 2 N–H and O–H groups in total. The predicted molar refractivity (Wildman–Crippen MR) is 160 cm³/mol. The molecule has 0 saturated carbocycles. The van der Waals surface area contributed by atoms with Gasteiger partial charge in [0.25, 0.3) is 11.5 Å². The Bertz CT molecular complexity index is 1960. The average Bonchev–Trinajstić information content (AvgIpc) is 3.56. The third-order valence-electron chi connectivity index (χ3n) is 7.12. The molecule has 0 bridgehead atoms. The Hall–Kier alpha value is -3.67. The van der Waals surface area contributed by atoms with Gasteiger partial charge in [-0.1, -0.05) is 20.3 Å². The van der Waals surface area contributed by atoms with E-state index in [1.807, 2.05) is 0 Å². The van der Waals surface area contributed by atoms with Gasteiger partial charge in [0.15, 0.2) is 11.5 Å². The molecule has 0 radical (unpaired) electrons. The van der Waals surface area contributed by atoms with Gasteiger partial charge in [0.05, 0.1) is 17.5 Å². The molecule has 10 nitrogen and oxygen atoms in total. The third kappa shape index (κ3) is 6.95. The number of aryl methyl sites for hydroxylation is 1. The van der Waals surface area contributed by atoms with E-state index in [2.05, 4.69) is 4.99 Å². The summed E-state index contributed by atoms with van der Waals surface area (Å²) >= 11 is 1.80. The van der Waals surface area contributed by atoms with Crippen molar-refractivity contribution in [3.8, 4) is 11.3 Å². The Labute approximate surface area is 265 Å². The Morgan fingerprint density at radius 3 is 2.38 bits per heavy atom. The van der Waals surface area contributed by atoms with Gasteiger partial charge in [0, 0.05) is 25.0 Å². The lowest BCUT2D eigenvalue weighted by molar-refractivity contribution is -0.150. The molecule has 4 rings (SSSR count). The Kier molecular flexibility index (Phi) is 10.9. The highest BCUT2D eigenvalue weighted by Crippen LogP contribution is 2.37. The second-order valence-corrected chi connectivity index (χ2v) is 11.6. The van der Waals surface area contributed by atoms with Gasteiger partial charge in [0.1, 0.15) is 28.1 Å². The molecule has 1 amide bonds. The number of benzene rings is 1. The minimum Gasteiger partial charge on any atom is -0.443 e. The maximum absolute atomic E-state index is 15.1. The van der Waals surface area contributed by atoms with Gasteiger partial charge in [-0.3, -0.25) is 28.1 Å². The average molecular weight is 696 g/mol. The molecular formula is C27H27ClF5N5O5S2. The molecule has 0 aliphatic heterocycles. The lowest BCUT2D eigenvalue weighted by atomic mass is 10.0. The summed E-state index contributed by atoms with van der Waals surface area (Å²) in [6, 6.07) is 0.189. The van der Waals surface area contributed by atoms with Crippen LogP contribution in [0.15, 0.2) is 37.5 Å². The quantitative estimate of drug-likeness (QED) is 0.218. The summed E-state index contributed by atoms with van der Waals surface area (Å²) in [6.45, 7) is 2.80. The minimum absolute atomic E-state index is 0. The fraction of sp³-hybridized carbons (Fsp3) is 0.370. The zero-order chi connectivity index (χ0) is 32.7. The number of alkyl halides is 3. The predicted octanol–water partition coefficient (Wildman–Crippen LogP) is 4.09. The first kappa shape index (κ1) is 35.8. The van der Waals surface area contributed by atoms with Gasteiger partial charge in [-0.15, -0.1) is 35.1 Å². The molecule has 4 aromatic rings. The van der Waals surface area contributed by atoms with Gasteiger partial charge in [0.2, 0.25) is 0 Å². The number of thiazole rings is 1. The molecule has 0 aliphatic carbocycles. The van der Waals surface area contributed by atoms with Crippen LogP contribution in [0.5, 0.6) is 0 Å². The van der Waals surface area contributed by atoms with Gasteiger partial charge < -0.3 is 10.5 Å². The van der Waals surface area contributed by atoms with Gasteiger partial charge >= 0.3 is 17.8 Å². The van der Waals surface area contributed by atoms with Crippen LogP contribution in [0, 0.1) is 17.6 Å². The van der Waals surface area contributed by atoms with Crippen LogP contribution >= 0.6 is 35.1 Å². The second kappa shape index (κ2) is 13.8. The van der Waals surface area contributed by atoms with Crippen LogP contribution < -0.4 is 21.8 Å². The summed E-state index contributed by atoms with van der Waals surface area (Å²) in [6.07, 6.45) is -5.21. The molecule has 1 aromatic carbocycles. The second-order valence-electron chi connectivity index (χ2n) is 9.95. The molecule has 244 valence electrons. The monoisotopic (exact) mass is 695 g/mol. The number of amides is 1. The molecule has 3 aromatic heterocycles. The number of carbonyl (C=O) groups excluding carboxylic acids is 2. The van der Waals surface area contributed by atoms with Crippen molar-refractivity contribution in [2.24, 2.45) is 30.7 Å². The van der Waals surface area contributed by atoms with Crippen LogP contribution in [0.25, 0.3) is 21.5 Å². The van der Waals surface area contributed by atoms with Crippen molar-refractivity contribution in [3.63, 3.8) is 0 Å².